The van der Waals surface area contributed by atoms with E-state index in [-0.39, 0.29) is 30.9 Å². The number of halogens is 2. The molecule has 0 fully saturated rings. The molecule has 0 bridgehead atoms. The fourth-order valence-corrected chi connectivity index (χ4v) is 1.32. The van der Waals surface area contributed by atoms with Gasteiger partial charge in [-0.2, -0.15) is 8.78 Å². The standard InChI is InChI=1S/C10H16F2N4O/c1-7(2)15-9(17)6-13-5-8-14-3-4-16(8)10(11)12/h3-4,7,10,13H,5-6H2,1-2H3,(H,15,17). The molecule has 0 aromatic carbocycles. The predicted octanol–water partition coefficient (Wildman–Crippen LogP) is 0.892. The van der Waals surface area contributed by atoms with Gasteiger partial charge in [-0.1, -0.05) is 0 Å². The molecule has 0 radical (unpaired) electrons. The molecule has 0 unspecified atom stereocenters. The first kappa shape index (κ1) is 13.6. The second-order valence-electron chi connectivity index (χ2n) is 3.85. The van der Waals surface area contributed by atoms with Crippen molar-refractivity contribution in [1.29, 1.82) is 0 Å². The first-order chi connectivity index (χ1) is 8.00. The SMILES string of the molecule is CC(C)NC(=O)CNCc1nccn1C(F)F. The highest BCUT2D eigenvalue weighted by atomic mass is 19.3. The molecule has 1 heterocycles. The Morgan fingerprint density at radius 3 is 2.82 bits per heavy atom. The van der Waals surface area contributed by atoms with Crippen LogP contribution in [0, 0.1) is 0 Å². The molecule has 1 rings (SSSR count). The van der Waals surface area contributed by atoms with Gasteiger partial charge in [-0.05, 0) is 13.8 Å². The number of aromatic nitrogens is 2. The van der Waals surface area contributed by atoms with Crippen LogP contribution in [0.4, 0.5) is 8.78 Å². The van der Waals surface area contributed by atoms with Gasteiger partial charge >= 0.3 is 6.55 Å². The molecule has 17 heavy (non-hydrogen) atoms. The average Bonchev–Trinajstić information content (AvgIpc) is 2.64. The third-order valence-corrected chi connectivity index (χ3v) is 1.98. The Morgan fingerprint density at radius 2 is 2.24 bits per heavy atom. The second kappa shape index (κ2) is 6.29. The quantitative estimate of drug-likeness (QED) is 0.783. The molecule has 5 nitrogen and oxygen atoms in total. The number of carbonyl (C=O) groups is 1. The lowest BCUT2D eigenvalue weighted by Gasteiger charge is -2.10. The topological polar surface area (TPSA) is 59.0 Å². The van der Waals surface area contributed by atoms with Crippen molar-refractivity contribution in [3.63, 3.8) is 0 Å². The first-order valence-electron chi connectivity index (χ1n) is 5.30. The molecular weight excluding hydrogens is 230 g/mol. The average molecular weight is 246 g/mol. The van der Waals surface area contributed by atoms with Gasteiger partial charge in [-0.25, -0.2) is 4.98 Å². The lowest BCUT2D eigenvalue weighted by Crippen LogP contribution is -2.37. The Labute approximate surface area is 98.2 Å². The summed E-state index contributed by atoms with van der Waals surface area (Å²) >= 11 is 0. The summed E-state index contributed by atoms with van der Waals surface area (Å²) in [5, 5.41) is 5.44. The number of rotatable bonds is 6. The first-order valence-corrected chi connectivity index (χ1v) is 5.30. The maximum Gasteiger partial charge on any atom is 0.319 e. The summed E-state index contributed by atoms with van der Waals surface area (Å²) in [6, 6.07) is 0.0624. The minimum atomic E-state index is -2.61. The highest BCUT2D eigenvalue weighted by Gasteiger charge is 2.11. The number of hydrogen-bond donors (Lipinski definition) is 2. The minimum Gasteiger partial charge on any atom is -0.353 e. The van der Waals surface area contributed by atoms with Crippen molar-refractivity contribution in [2.75, 3.05) is 6.54 Å². The zero-order chi connectivity index (χ0) is 12.8. The summed E-state index contributed by atoms with van der Waals surface area (Å²) in [5.41, 5.74) is 0. The van der Waals surface area contributed by atoms with Gasteiger partial charge in [-0.15, -0.1) is 0 Å². The van der Waals surface area contributed by atoms with Crippen molar-refractivity contribution in [3.05, 3.63) is 18.2 Å². The monoisotopic (exact) mass is 246 g/mol. The number of nitrogens with one attached hydrogen (secondary N) is 2. The summed E-state index contributed by atoms with van der Waals surface area (Å²) < 4.78 is 25.6. The molecule has 0 spiro atoms. The number of imidazole rings is 1. The molecule has 7 heteroatoms. The summed E-state index contributed by atoms with van der Waals surface area (Å²) in [6.45, 7) is 1.29. The van der Waals surface area contributed by atoms with Crippen molar-refractivity contribution in [1.82, 2.24) is 20.2 Å². The molecule has 0 aliphatic rings. The maximum atomic E-state index is 12.4. The highest BCUT2D eigenvalue weighted by Crippen LogP contribution is 2.11. The molecular formula is C10H16F2N4O. The highest BCUT2D eigenvalue weighted by molar-refractivity contribution is 5.78. The molecule has 1 aromatic rings. The third-order valence-electron chi connectivity index (χ3n) is 1.98. The number of carbonyl (C=O) groups excluding carboxylic acids is 1. The van der Waals surface area contributed by atoms with Crippen LogP contribution in [0.3, 0.4) is 0 Å². The molecule has 0 saturated heterocycles. The van der Waals surface area contributed by atoms with Crippen LogP contribution in [0.1, 0.15) is 26.2 Å². The molecule has 1 aromatic heterocycles. The number of amides is 1. The van der Waals surface area contributed by atoms with E-state index in [0.29, 0.717) is 0 Å². The van der Waals surface area contributed by atoms with Gasteiger partial charge in [0.15, 0.2) is 0 Å². The second-order valence-corrected chi connectivity index (χ2v) is 3.85. The molecule has 2 N–H and O–H groups in total. The van der Waals surface area contributed by atoms with E-state index in [2.05, 4.69) is 15.6 Å². The Morgan fingerprint density at radius 1 is 1.53 bits per heavy atom. The fourth-order valence-electron chi connectivity index (χ4n) is 1.32. The molecule has 96 valence electrons. The maximum absolute atomic E-state index is 12.4. The number of hydrogen-bond acceptors (Lipinski definition) is 3. The normalized spacial score (nSPS) is 11.2. The molecule has 0 atom stereocenters. The van der Waals surface area contributed by atoms with E-state index >= 15 is 0 Å². The third kappa shape index (κ3) is 4.48. The Kier molecular flexibility index (Phi) is 5.02. The summed E-state index contributed by atoms with van der Waals surface area (Å²) in [7, 11) is 0. The Hall–Kier alpha value is -1.50. The summed E-state index contributed by atoms with van der Waals surface area (Å²) in [6.07, 6.45) is 2.51. The van der Waals surface area contributed by atoms with Crippen LogP contribution in [0.25, 0.3) is 0 Å². The van der Waals surface area contributed by atoms with Crippen molar-refractivity contribution in [2.45, 2.75) is 33.0 Å². The van der Waals surface area contributed by atoms with Crippen molar-refractivity contribution in [2.24, 2.45) is 0 Å². The molecule has 0 saturated carbocycles. The summed E-state index contributed by atoms with van der Waals surface area (Å²) in [4.78, 5) is 15.0. The van der Waals surface area contributed by atoms with E-state index in [9.17, 15) is 13.6 Å². The van der Waals surface area contributed by atoms with E-state index < -0.39 is 6.55 Å². The van der Waals surface area contributed by atoms with Crippen LogP contribution < -0.4 is 10.6 Å². The van der Waals surface area contributed by atoms with Crippen molar-refractivity contribution in [3.8, 4) is 0 Å². The summed E-state index contributed by atoms with van der Waals surface area (Å²) in [5.74, 6) is 0.0347. The van der Waals surface area contributed by atoms with Gasteiger partial charge in [0.05, 0.1) is 13.1 Å². The van der Waals surface area contributed by atoms with Crippen molar-refractivity contribution >= 4 is 5.91 Å². The minimum absolute atomic E-state index is 0.0624. The largest absolute Gasteiger partial charge is 0.353 e. The number of alkyl halides is 2. The zero-order valence-electron chi connectivity index (χ0n) is 9.78. The van der Waals surface area contributed by atoms with E-state index in [1.54, 1.807) is 0 Å². The Bertz CT molecular complexity index is 365. The van der Waals surface area contributed by atoms with E-state index in [4.69, 9.17) is 0 Å². The van der Waals surface area contributed by atoms with E-state index in [1.165, 1.54) is 12.4 Å². The molecule has 0 aliphatic carbocycles. The van der Waals surface area contributed by atoms with Gasteiger partial charge < -0.3 is 10.6 Å². The van der Waals surface area contributed by atoms with Crippen LogP contribution in [0.2, 0.25) is 0 Å². The van der Waals surface area contributed by atoms with E-state index in [1.807, 2.05) is 13.8 Å². The van der Waals surface area contributed by atoms with Crippen LogP contribution >= 0.6 is 0 Å². The Balaban J connectivity index is 2.36. The lowest BCUT2D eigenvalue weighted by molar-refractivity contribution is -0.120. The van der Waals surface area contributed by atoms with Crippen LogP contribution in [-0.2, 0) is 11.3 Å². The predicted molar refractivity (Wildman–Crippen MR) is 58.5 cm³/mol. The molecule has 0 aliphatic heterocycles. The van der Waals surface area contributed by atoms with Gasteiger partial charge in [0.25, 0.3) is 0 Å². The van der Waals surface area contributed by atoms with Crippen LogP contribution in [0.15, 0.2) is 12.4 Å². The van der Waals surface area contributed by atoms with Gasteiger partial charge in [0, 0.05) is 18.4 Å². The van der Waals surface area contributed by atoms with Crippen LogP contribution in [-0.4, -0.2) is 28.0 Å². The van der Waals surface area contributed by atoms with E-state index in [0.717, 1.165) is 4.57 Å². The van der Waals surface area contributed by atoms with Crippen LogP contribution in [0.5, 0.6) is 0 Å². The van der Waals surface area contributed by atoms with Gasteiger partial charge in [0.2, 0.25) is 5.91 Å². The smallest absolute Gasteiger partial charge is 0.319 e. The molecule has 1 amide bonds. The zero-order valence-corrected chi connectivity index (χ0v) is 9.78. The fraction of sp³-hybridized carbons (Fsp3) is 0.600. The van der Waals surface area contributed by atoms with Gasteiger partial charge in [-0.3, -0.25) is 9.36 Å². The lowest BCUT2D eigenvalue weighted by atomic mass is 10.4. The van der Waals surface area contributed by atoms with Crippen molar-refractivity contribution < 1.29 is 13.6 Å². The number of nitrogens with zero attached hydrogens (tertiary/aromatic N) is 2. The van der Waals surface area contributed by atoms with Gasteiger partial charge in [0.1, 0.15) is 5.82 Å².